The number of thiazole rings is 1. The number of primary amides is 1. The predicted molar refractivity (Wildman–Crippen MR) is 93.9 cm³/mol. The van der Waals surface area contributed by atoms with Gasteiger partial charge in [0, 0.05) is 10.4 Å². The van der Waals surface area contributed by atoms with Crippen molar-refractivity contribution >= 4 is 17.2 Å². The summed E-state index contributed by atoms with van der Waals surface area (Å²) in [6.07, 6.45) is 1.88. The summed E-state index contributed by atoms with van der Waals surface area (Å²) in [6.45, 7) is 3.10. The molecular formula is C19H17FN2O2S. The molecule has 0 saturated heterocycles. The number of hydrogen-bond donors (Lipinski definition) is 2. The number of halogens is 1. The van der Waals surface area contributed by atoms with Crippen molar-refractivity contribution in [3.8, 4) is 23.1 Å². The van der Waals surface area contributed by atoms with Crippen LogP contribution in [-0.2, 0) is 0 Å². The summed E-state index contributed by atoms with van der Waals surface area (Å²) in [5.74, 6) is 5.09. The van der Waals surface area contributed by atoms with Crippen LogP contribution in [0.25, 0.3) is 11.3 Å². The first-order chi connectivity index (χ1) is 11.7. The fourth-order valence-electron chi connectivity index (χ4n) is 3.44. The van der Waals surface area contributed by atoms with Gasteiger partial charge in [0.25, 0.3) is 5.91 Å². The molecule has 25 heavy (non-hydrogen) atoms. The van der Waals surface area contributed by atoms with Gasteiger partial charge in [-0.15, -0.1) is 11.3 Å². The normalized spacial score (nSPS) is 20.5. The lowest BCUT2D eigenvalue weighted by molar-refractivity contribution is 0.1000. The molecule has 5 rings (SSSR count). The highest BCUT2D eigenvalue weighted by molar-refractivity contribution is 7.14. The molecule has 1 aromatic heterocycles. The second-order valence-corrected chi connectivity index (χ2v) is 8.22. The van der Waals surface area contributed by atoms with Gasteiger partial charge in [-0.1, -0.05) is 11.8 Å². The molecule has 1 heterocycles. The van der Waals surface area contributed by atoms with Crippen LogP contribution in [0.3, 0.4) is 0 Å². The van der Waals surface area contributed by atoms with Crippen LogP contribution in [0, 0.1) is 17.7 Å². The van der Waals surface area contributed by atoms with Gasteiger partial charge in [-0.2, -0.15) is 0 Å². The maximum atomic E-state index is 14.5. The summed E-state index contributed by atoms with van der Waals surface area (Å²) in [4.78, 5) is 17.0. The van der Waals surface area contributed by atoms with E-state index in [1.54, 1.807) is 19.9 Å². The molecule has 0 radical (unpaired) electrons. The van der Waals surface area contributed by atoms with Gasteiger partial charge in [-0.05, 0) is 56.2 Å². The zero-order chi connectivity index (χ0) is 17.9. The van der Waals surface area contributed by atoms with Crippen molar-refractivity contribution < 1.29 is 14.3 Å². The minimum atomic E-state index is -1.20. The second-order valence-electron chi connectivity index (χ2n) is 7.19. The smallest absolute Gasteiger partial charge is 0.277 e. The molecule has 3 N–H and O–H groups in total. The molecule has 2 bridgehead atoms. The number of amides is 1. The zero-order valence-corrected chi connectivity index (χ0v) is 14.7. The number of rotatable bonds is 1. The van der Waals surface area contributed by atoms with Crippen LogP contribution in [0.15, 0.2) is 12.1 Å². The zero-order valence-electron chi connectivity index (χ0n) is 13.9. The molecule has 128 valence electrons. The summed E-state index contributed by atoms with van der Waals surface area (Å²) in [5.41, 5.74) is 6.88. The van der Waals surface area contributed by atoms with Gasteiger partial charge >= 0.3 is 0 Å². The Hall–Kier alpha value is -2.23. The van der Waals surface area contributed by atoms with E-state index in [4.69, 9.17) is 5.73 Å². The van der Waals surface area contributed by atoms with Gasteiger partial charge in [0.2, 0.25) is 0 Å². The van der Waals surface area contributed by atoms with E-state index in [0.717, 1.165) is 34.5 Å². The van der Waals surface area contributed by atoms with E-state index in [1.165, 1.54) is 17.4 Å². The average Bonchev–Trinajstić information content (AvgIpc) is 2.80. The number of carbonyl (C=O) groups is 1. The van der Waals surface area contributed by atoms with Gasteiger partial charge in [-0.25, -0.2) is 9.37 Å². The minimum Gasteiger partial charge on any atom is -0.378 e. The van der Waals surface area contributed by atoms with Gasteiger partial charge in [0.15, 0.2) is 5.01 Å². The number of aromatic nitrogens is 1. The molecule has 1 fully saturated rings. The summed E-state index contributed by atoms with van der Waals surface area (Å²) >= 11 is 1.34. The van der Waals surface area contributed by atoms with E-state index in [1.807, 2.05) is 0 Å². The van der Waals surface area contributed by atoms with Crippen LogP contribution in [0.1, 0.15) is 64.3 Å². The predicted octanol–water partition coefficient (Wildman–Crippen LogP) is 3.15. The third-order valence-corrected chi connectivity index (χ3v) is 5.94. The number of aliphatic hydroxyl groups is 1. The summed E-state index contributed by atoms with van der Waals surface area (Å²) in [7, 11) is 0. The molecule has 1 amide bonds. The summed E-state index contributed by atoms with van der Waals surface area (Å²) in [6, 6.07) is 3.22. The lowest BCUT2D eigenvalue weighted by Gasteiger charge is -2.33. The molecule has 0 aliphatic heterocycles. The molecule has 1 saturated carbocycles. The molecule has 2 aromatic rings. The lowest BCUT2D eigenvalue weighted by Crippen LogP contribution is -2.18. The Morgan fingerprint density at radius 1 is 1.40 bits per heavy atom. The van der Waals surface area contributed by atoms with Crippen LogP contribution in [0.5, 0.6) is 0 Å². The number of hydrogen-bond acceptors (Lipinski definition) is 4. The first kappa shape index (κ1) is 16.2. The van der Waals surface area contributed by atoms with E-state index in [9.17, 15) is 14.3 Å². The van der Waals surface area contributed by atoms with Crippen molar-refractivity contribution in [3.63, 3.8) is 0 Å². The van der Waals surface area contributed by atoms with Crippen LogP contribution in [0.2, 0.25) is 0 Å². The van der Waals surface area contributed by atoms with Gasteiger partial charge < -0.3 is 10.8 Å². The minimum absolute atomic E-state index is 0.222. The average molecular weight is 356 g/mol. The molecular weight excluding hydrogens is 339 g/mol. The van der Waals surface area contributed by atoms with E-state index >= 15 is 0 Å². The van der Waals surface area contributed by atoms with Crippen molar-refractivity contribution in [2.45, 2.75) is 44.1 Å². The summed E-state index contributed by atoms with van der Waals surface area (Å²) in [5, 5.41) is 10.1. The molecule has 0 atom stereocenters. The topological polar surface area (TPSA) is 76.2 Å². The maximum absolute atomic E-state index is 14.5. The quantitative estimate of drug-likeness (QED) is 0.771. The van der Waals surface area contributed by atoms with Gasteiger partial charge in [-0.3, -0.25) is 4.79 Å². The molecule has 3 aliphatic carbocycles. The molecule has 6 heteroatoms. The Bertz CT molecular complexity index is 956. The van der Waals surface area contributed by atoms with E-state index in [2.05, 4.69) is 16.8 Å². The SMILES string of the molecule is CC(C)(O)C#Cc1cc2c(cc1F)C1CC(C1)c1sc(C(N)=O)nc1-2. The first-order valence-electron chi connectivity index (χ1n) is 8.13. The van der Waals surface area contributed by atoms with Crippen molar-refractivity contribution in [2.24, 2.45) is 5.73 Å². The fourth-order valence-corrected chi connectivity index (χ4v) is 4.50. The molecule has 3 aliphatic rings. The van der Waals surface area contributed by atoms with E-state index in [0.29, 0.717) is 11.8 Å². The summed E-state index contributed by atoms with van der Waals surface area (Å²) < 4.78 is 14.5. The fraction of sp³-hybridized carbons (Fsp3) is 0.368. The van der Waals surface area contributed by atoms with Crippen molar-refractivity contribution in [1.29, 1.82) is 0 Å². The number of nitrogens with two attached hydrogens (primary N) is 1. The Labute approximate surface area is 148 Å². The third kappa shape index (κ3) is 2.74. The largest absolute Gasteiger partial charge is 0.378 e. The van der Waals surface area contributed by atoms with Crippen LogP contribution >= 0.6 is 11.3 Å². The number of benzene rings is 1. The van der Waals surface area contributed by atoms with Crippen molar-refractivity contribution in [2.75, 3.05) is 0 Å². The van der Waals surface area contributed by atoms with Crippen LogP contribution in [-0.4, -0.2) is 21.6 Å². The first-order valence-corrected chi connectivity index (χ1v) is 8.94. The third-order valence-electron chi connectivity index (χ3n) is 4.71. The Morgan fingerprint density at radius 3 is 2.76 bits per heavy atom. The highest BCUT2D eigenvalue weighted by Crippen LogP contribution is 2.57. The molecule has 0 spiro atoms. The standard InChI is InChI=1S/C19H17FN2O2S/c1-19(2,24)4-3-9-7-13-12(8-14(9)20)10-5-11(6-10)16-15(13)22-18(25-16)17(21)23/h7-8,10-11,24H,5-6H2,1-2H3,(H2,21,23). The highest BCUT2D eigenvalue weighted by Gasteiger charge is 2.40. The highest BCUT2D eigenvalue weighted by atomic mass is 32.1. The van der Waals surface area contributed by atoms with E-state index in [-0.39, 0.29) is 10.6 Å². The van der Waals surface area contributed by atoms with E-state index < -0.39 is 17.3 Å². The van der Waals surface area contributed by atoms with Crippen molar-refractivity contribution in [3.05, 3.63) is 39.0 Å². The van der Waals surface area contributed by atoms with Crippen molar-refractivity contribution in [1.82, 2.24) is 4.98 Å². The van der Waals surface area contributed by atoms with Crippen LogP contribution in [0.4, 0.5) is 4.39 Å². The molecule has 1 aromatic carbocycles. The Kier molecular flexibility index (Phi) is 3.50. The number of carbonyl (C=O) groups excluding carboxylic acids is 1. The Morgan fingerprint density at radius 2 is 2.12 bits per heavy atom. The lowest BCUT2D eigenvalue weighted by atomic mass is 9.72. The van der Waals surface area contributed by atoms with Gasteiger partial charge in [0.1, 0.15) is 11.4 Å². The Balaban J connectivity index is 1.91. The molecule has 4 nitrogen and oxygen atoms in total. The van der Waals surface area contributed by atoms with Crippen LogP contribution < -0.4 is 5.73 Å². The van der Waals surface area contributed by atoms with Gasteiger partial charge in [0.05, 0.1) is 11.3 Å². The number of nitrogens with zero attached hydrogens (tertiary/aromatic N) is 1. The molecule has 0 unspecified atom stereocenters. The maximum Gasteiger partial charge on any atom is 0.277 e. The monoisotopic (exact) mass is 356 g/mol. The second kappa shape index (κ2) is 5.38.